The first kappa shape index (κ1) is 32.6. The fraction of sp³-hybridized carbons (Fsp3) is 0.415. The number of amides is 4. The van der Waals surface area contributed by atoms with E-state index in [4.69, 9.17) is 0 Å². The molecular weight excluding hydrogens is 584 g/mol. The highest BCUT2D eigenvalue weighted by atomic mass is 16.2. The molecule has 7 rings (SSSR count). The second-order valence-corrected chi connectivity index (χ2v) is 13.2. The van der Waals surface area contributed by atoms with Crippen molar-refractivity contribution in [3.63, 3.8) is 0 Å². The monoisotopic (exact) mass is 630 g/mol. The Morgan fingerprint density at radius 1 is 0.383 bits per heavy atom. The standard InChI is InChI=1S/C40H42N2O4.CH4/c1-3-5-7-9-11-13-23-41-37(43)29-19-15-25-27-17-21-31-36-32(40(46)42(39(31)45)24-14-12-10-8-6-4-2)22-18-28(34(27)36)26-16-20-30(38(41)44)35(29)33(25)26;/h15-22H,3-14,23-24H2,1-2H3;1H4. The Bertz CT molecular complexity index is 1760. The van der Waals surface area contributed by atoms with Crippen molar-refractivity contribution in [3.8, 4) is 0 Å². The van der Waals surface area contributed by atoms with E-state index >= 15 is 0 Å². The van der Waals surface area contributed by atoms with Gasteiger partial charge >= 0.3 is 0 Å². The van der Waals surface area contributed by atoms with Crippen LogP contribution in [-0.4, -0.2) is 46.5 Å². The highest BCUT2D eigenvalue weighted by Crippen LogP contribution is 2.46. The summed E-state index contributed by atoms with van der Waals surface area (Å²) >= 11 is 0. The molecule has 244 valence electrons. The Morgan fingerprint density at radius 3 is 0.957 bits per heavy atom. The minimum atomic E-state index is -0.229. The van der Waals surface area contributed by atoms with Gasteiger partial charge in [-0.1, -0.05) is 110 Å². The SMILES string of the molecule is C.CCCCCCCCN1C(=O)c2ccc3c4ccc5c6c(ccc(c7ccc(c2c37)C1=O)c64)C(=O)N(CCCCCCCC)C5=O. The first-order valence-corrected chi connectivity index (χ1v) is 17.4. The summed E-state index contributed by atoms with van der Waals surface area (Å²) in [6.07, 6.45) is 13.0. The molecule has 6 heteroatoms. The molecule has 0 unspecified atom stereocenters. The summed E-state index contributed by atoms with van der Waals surface area (Å²) in [7, 11) is 0. The molecule has 0 radical (unpaired) electrons. The van der Waals surface area contributed by atoms with Gasteiger partial charge in [0.1, 0.15) is 0 Å². The van der Waals surface area contributed by atoms with Crippen LogP contribution in [0.15, 0.2) is 48.5 Å². The largest absolute Gasteiger partial charge is 0.274 e. The third-order valence-electron chi connectivity index (χ3n) is 10.3. The first-order valence-electron chi connectivity index (χ1n) is 17.4. The molecule has 2 aliphatic heterocycles. The van der Waals surface area contributed by atoms with Gasteiger partial charge < -0.3 is 0 Å². The van der Waals surface area contributed by atoms with E-state index in [2.05, 4.69) is 13.8 Å². The Labute approximate surface area is 277 Å². The lowest BCUT2D eigenvalue weighted by Crippen LogP contribution is -2.41. The van der Waals surface area contributed by atoms with E-state index in [1.165, 1.54) is 48.3 Å². The van der Waals surface area contributed by atoms with Crippen LogP contribution in [0.3, 0.4) is 0 Å². The molecule has 0 aromatic heterocycles. The van der Waals surface area contributed by atoms with Crippen molar-refractivity contribution in [1.82, 2.24) is 9.80 Å². The van der Waals surface area contributed by atoms with Crippen LogP contribution in [-0.2, 0) is 0 Å². The van der Waals surface area contributed by atoms with Crippen molar-refractivity contribution in [2.24, 2.45) is 0 Å². The number of unbranched alkanes of at least 4 members (excludes halogenated alkanes) is 10. The Hall–Kier alpha value is -4.32. The zero-order chi connectivity index (χ0) is 31.9. The van der Waals surface area contributed by atoms with Crippen molar-refractivity contribution in [2.75, 3.05) is 13.1 Å². The van der Waals surface area contributed by atoms with Crippen molar-refractivity contribution in [3.05, 3.63) is 70.8 Å². The molecule has 0 atom stereocenters. The van der Waals surface area contributed by atoms with E-state index < -0.39 is 0 Å². The van der Waals surface area contributed by atoms with Gasteiger partial charge in [-0.2, -0.15) is 0 Å². The van der Waals surface area contributed by atoms with Gasteiger partial charge in [0, 0.05) is 46.1 Å². The van der Waals surface area contributed by atoms with Gasteiger partial charge in [-0.05, 0) is 69.4 Å². The summed E-state index contributed by atoms with van der Waals surface area (Å²) in [6.45, 7) is 5.24. The minimum Gasteiger partial charge on any atom is -0.274 e. The topological polar surface area (TPSA) is 74.8 Å². The molecule has 0 spiro atoms. The third kappa shape index (κ3) is 5.26. The molecule has 0 aliphatic carbocycles. The van der Waals surface area contributed by atoms with Gasteiger partial charge in [0.05, 0.1) is 0 Å². The molecule has 5 aromatic rings. The molecule has 6 nitrogen and oxygen atoms in total. The minimum absolute atomic E-state index is 0. The Kier molecular flexibility index (Phi) is 9.32. The van der Waals surface area contributed by atoms with E-state index in [1.807, 2.05) is 48.5 Å². The highest BCUT2D eigenvalue weighted by Gasteiger charge is 2.36. The molecule has 0 N–H and O–H groups in total. The Morgan fingerprint density at radius 2 is 0.660 bits per heavy atom. The number of hydrogen-bond donors (Lipinski definition) is 0. The van der Waals surface area contributed by atoms with Gasteiger partial charge in [-0.25, -0.2) is 0 Å². The van der Waals surface area contributed by atoms with Crippen LogP contribution in [0.5, 0.6) is 0 Å². The number of carbonyl (C=O) groups excluding carboxylic acids is 4. The highest BCUT2D eigenvalue weighted by molar-refractivity contribution is 6.41. The fourth-order valence-corrected chi connectivity index (χ4v) is 7.87. The van der Waals surface area contributed by atoms with E-state index in [9.17, 15) is 19.2 Å². The van der Waals surface area contributed by atoms with Crippen LogP contribution in [0.1, 0.15) is 140 Å². The zero-order valence-corrected chi connectivity index (χ0v) is 27.0. The molecule has 0 saturated heterocycles. The lowest BCUT2D eigenvalue weighted by molar-refractivity contribution is 0.0592. The molecule has 0 bridgehead atoms. The number of benzene rings is 5. The second-order valence-electron chi connectivity index (χ2n) is 13.2. The van der Waals surface area contributed by atoms with Crippen LogP contribution in [0.4, 0.5) is 0 Å². The summed E-state index contributed by atoms with van der Waals surface area (Å²) in [4.78, 5) is 57.9. The number of carbonyl (C=O) groups is 4. The molecule has 5 aromatic carbocycles. The smallest absolute Gasteiger partial charge is 0.261 e. The average molecular weight is 631 g/mol. The number of fused-ring (bicyclic) bond motifs is 2. The summed E-state index contributed by atoms with van der Waals surface area (Å²) in [5, 5.41) is 6.89. The second kappa shape index (κ2) is 13.4. The summed E-state index contributed by atoms with van der Waals surface area (Å²) in [5.74, 6) is -0.917. The molecule has 4 amide bonds. The lowest BCUT2D eigenvalue weighted by Gasteiger charge is -2.30. The number of imide groups is 2. The molecule has 47 heavy (non-hydrogen) atoms. The van der Waals surface area contributed by atoms with Gasteiger partial charge in [0.25, 0.3) is 23.6 Å². The molecule has 2 aliphatic rings. The third-order valence-corrected chi connectivity index (χ3v) is 10.3. The molecule has 0 fully saturated rings. The summed E-state index contributed by atoms with van der Waals surface area (Å²) < 4.78 is 0. The maximum Gasteiger partial charge on any atom is 0.261 e. The van der Waals surface area contributed by atoms with Crippen molar-refractivity contribution in [1.29, 1.82) is 0 Å². The van der Waals surface area contributed by atoms with E-state index in [0.29, 0.717) is 46.1 Å². The average Bonchev–Trinajstić information content (AvgIpc) is 3.07. The quantitative estimate of drug-likeness (QED) is 0.0530. The van der Waals surface area contributed by atoms with Crippen LogP contribution >= 0.6 is 0 Å². The number of nitrogens with zero attached hydrogens (tertiary/aromatic N) is 2. The zero-order valence-electron chi connectivity index (χ0n) is 27.0. The molecule has 0 saturated carbocycles. The Balaban J connectivity index is 0.00000386. The normalized spacial score (nSPS) is 14.4. The lowest BCUT2D eigenvalue weighted by atomic mass is 9.82. The van der Waals surface area contributed by atoms with Gasteiger partial charge in [-0.15, -0.1) is 0 Å². The maximum absolute atomic E-state index is 13.7. The number of hydrogen-bond acceptors (Lipinski definition) is 4. The first-order chi connectivity index (χ1) is 22.5. The predicted molar refractivity (Wildman–Crippen MR) is 192 cm³/mol. The van der Waals surface area contributed by atoms with Crippen LogP contribution in [0, 0.1) is 0 Å². The van der Waals surface area contributed by atoms with E-state index in [0.717, 1.165) is 70.8 Å². The van der Waals surface area contributed by atoms with Gasteiger partial charge in [-0.3, -0.25) is 29.0 Å². The number of rotatable bonds is 14. The maximum atomic E-state index is 13.7. The van der Waals surface area contributed by atoms with Crippen molar-refractivity contribution < 1.29 is 19.2 Å². The van der Waals surface area contributed by atoms with Crippen LogP contribution < -0.4 is 0 Å². The summed E-state index contributed by atoms with van der Waals surface area (Å²) in [6, 6.07) is 15.3. The van der Waals surface area contributed by atoms with Crippen molar-refractivity contribution >= 4 is 66.7 Å². The summed E-state index contributed by atoms with van der Waals surface area (Å²) in [5.41, 5.74) is 2.24. The fourth-order valence-electron chi connectivity index (χ4n) is 7.87. The van der Waals surface area contributed by atoms with E-state index in [1.54, 1.807) is 0 Å². The van der Waals surface area contributed by atoms with Gasteiger partial charge in [0.2, 0.25) is 0 Å². The predicted octanol–water partition coefficient (Wildman–Crippen LogP) is 10.3. The molecule has 2 heterocycles. The van der Waals surface area contributed by atoms with E-state index in [-0.39, 0.29) is 31.1 Å². The van der Waals surface area contributed by atoms with Gasteiger partial charge in [0.15, 0.2) is 0 Å². The van der Waals surface area contributed by atoms with Crippen LogP contribution in [0.2, 0.25) is 0 Å². The van der Waals surface area contributed by atoms with Crippen LogP contribution in [0.25, 0.3) is 43.1 Å². The molecular formula is C41H46N2O4. The van der Waals surface area contributed by atoms with Crippen molar-refractivity contribution in [2.45, 2.75) is 98.3 Å².